The van der Waals surface area contributed by atoms with Crippen LogP contribution in [-0.4, -0.2) is 20.9 Å². The zero-order chi connectivity index (χ0) is 16.2. The molecule has 22 heavy (non-hydrogen) atoms. The van der Waals surface area contributed by atoms with E-state index in [0.29, 0.717) is 6.61 Å². The van der Waals surface area contributed by atoms with Gasteiger partial charge in [0.15, 0.2) is 0 Å². The van der Waals surface area contributed by atoms with Gasteiger partial charge in [-0.05, 0) is 24.6 Å². The van der Waals surface area contributed by atoms with Crippen molar-refractivity contribution in [2.24, 2.45) is 0 Å². The van der Waals surface area contributed by atoms with Gasteiger partial charge in [0.25, 0.3) is 0 Å². The van der Waals surface area contributed by atoms with E-state index in [2.05, 4.69) is 30.3 Å². The first-order valence-corrected chi connectivity index (χ1v) is 8.69. The molecule has 0 amide bonds. The monoisotopic (exact) mass is 338 g/mol. The van der Waals surface area contributed by atoms with E-state index in [-0.39, 0.29) is 16.2 Å². The molecule has 0 saturated carbocycles. The average Bonchev–Trinajstić information content (AvgIpc) is 2.97. The Labute approximate surface area is 142 Å². The van der Waals surface area contributed by atoms with Crippen molar-refractivity contribution in [1.29, 1.82) is 0 Å². The van der Waals surface area contributed by atoms with E-state index in [1.54, 1.807) is 6.20 Å². The zero-order valence-electron chi connectivity index (χ0n) is 13.5. The first-order valence-electron chi connectivity index (χ1n) is 7.43. The number of nitrogens with zero attached hydrogens (tertiary/aromatic N) is 2. The summed E-state index contributed by atoms with van der Waals surface area (Å²) < 4.78 is 8.31. The number of rotatable bonds is 6. The Morgan fingerprint density at radius 3 is 2.45 bits per heavy atom. The fourth-order valence-corrected chi connectivity index (χ4v) is 3.69. The molecule has 1 aromatic heterocycles. The van der Waals surface area contributed by atoms with E-state index in [0.717, 1.165) is 10.6 Å². The maximum atomic E-state index is 6.09. The summed E-state index contributed by atoms with van der Waals surface area (Å²) in [5.41, 5.74) is 1.13. The van der Waals surface area contributed by atoms with E-state index >= 15 is 0 Å². The Hall–Kier alpha value is -0.970. The SMILES string of the molecule is CCOC(c1ccc(Cl)cc1)C(SC(C)(C)C)n1ccnc1. The van der Waals surface area contributed by atoms with Gasteiger partial charge in [-0.3, -0.25) is 0 Å². The molecule has 0 bridgehead atoms. The highest BCUT2D eigenvalue weighted by molar-refractivity contribution is 8.00. The van der Waals surface area contributed by atoms with Crippen molar-refractivity contribution in [3.63, 3.8) is 0 Å². The number of imidazole rings is 1. The van der Waals surface area contributed by atoms with Crippen LogP contribution in [0.25, 0.3) is 0 Å². The zero-order valence-corrected chi connectivity index (χ0v) is 15.1. The molecule has 3 nitrogen and oxygen atoms in total. The molecule has 120 valence electrons. The molecular formula is C17H23ClN2OS. The van der Waals surface area contributed by atoms with Crippen LogP contribution in [0.15, 0.2) is 43.0 Å². The minimum atomic E-state index is -0.0549. The van der Waals surface area contributed by atoms with Gasteiger partial charge in [-0.25, -0.2) is 4.98 Å². The third-order valence-corrected chi connectivity index (χ3v) is 4.79. The van der Waals surface area contributed by atoms with Crippen molar-refractivity contribution in [3.05, 3.63) is 53.6 Å². The smallest absolute Gasteiger partial charge is 0.113 e. The van der Waals surface area contributed by atoms with Gasteiger partial charge in [0.05, 0.1) is 6.33 Å². The lowest BCUT2D eigenvalue weighted by atomic mass is 10.1. The molecule has 0 fully saturated rings. The molecule has 2 aromatic rings. The van der Waals surface area contributed by atoms with Crippen molar-refractivity contribution in [2.45, 2.75) is 43.9 Å². The van der Waals surface area contributed by atoms with Gasteiger partial charge in [-0.2, -0.15) is 0 Å². The molecule has 2 unspecified atom stereocenters. The normalized spacial score (nSPS) is 14.8. The Balaban J connectivity index is 2.37. The number of hydrogen-bond acceptors (Lipinski definition) is 3. The summed E-state index contributed by atoms with van der Waals surface area (Å²) in [4.78, 5) is 4.20. The van der Waals surface area contributed by atoms with Crippen molar-refractivity contribution in [3.8, 4) is 0 Å². The van der Waals surface area contributed by atoms with Gasteiger partial charge >= 0.3 is 0 Å². The summed E-state index contributed by atoms with van der Waals surface area (Å²) in [7, 11) is 0. The van der Waals surface area contributed by atoms with Crippen LogP contribution in [0.4, 0.5) is 0 Å². The highest BCUT2D eigenvalue weighted by Crippen LogP contribution is 2.44. The first-order chi connectivity index (χ1) is 10.4. The van der Waals surface area contributed by atoms with Gasteiger partial charge in [-0.1, -0.05) is 44.5 Å². The summed E-state index contributed by atoms with van der Waals surface area (Å²) in [5.74, 6) is 0. The minimum Gasteiger partial charge on any atom is -0.371 e. The topological polar surface area (TPSA) is 27.1 Å². The first kappa shape index (κ1) is 17.4. The van der Waals surface area contributed by atoms with Crippen LogP contribution in [0, 0.1) is 0 Å². The quantitative estimate of drug-likeness (QED) is 0.710. The Morgan fingerprint density at radius 2 is 1.95 bits per heavy atom. The Morgan fingerprint density at radius 1 is 1.27 bits per heavy atom. The summed E-state index contributed by atoms with van der Waals surface area (Å²) in [6, 6.07) is 7.90. The fourth-order valence-electron chi connectivity index (χ4n) is 2.24. The third-order valence-electron chi connectivity index (χ3n) is 3.10. The maximum Gasteiger partial charge on any atom is 0.113 e. The fraction of sp³-hybridized carbons (Fsp3) is 0.471. The van der Waals surface area contributed by atoms with E-state index in [4.69, 9.17) is 16.3 Å². The molecule has 2 atom stereocenters. The van der Waals surface area contributed by atoms with Gasteiger partial charge in [0.2, 0.25) is 0 Å². The van der Waals surface area contributed by atoms with Gasteiger partial charge in [0, 0.05) is 28.8 Å². The molecule has 0 saturated heterocycles. The predicted octanol–water partition coefficient (Wildman–Crippen LogP) is 5.34. The lowest BCUT2D eigenvalue weighted by Crippen LogP contribution is -2.22. The van der Waals surface area contributed by atoms with E-state index in [9.17, 15) is 0 Å². The van der Waals surface area contributed by atoms with Crippen molar-refractivity contribution in [1.82, 2.24) is 9.55 Å². The van der Waals surface area contributed by atoms with Crippen molar-refractivity contribution >= 4 is 23.4 Å². The van der Waals surface area contributed by atoms with Gasteiger partial charge in [0.1, 0.15) is 11.5 Å². The molecule has 1 aromatic carbocycles. The second-order valence-electron chi connectivity index (χ2n) is 6.06. The minimum absolute atomic E-state index is 0.0549. The molecule has 0 aliphatic carbocycles. The highest BCUT2D eigenvalue weighted by atomic mass is 35.5. The van der Waals surface area contributed by atoms with E-state index < -0.39 is 0 Å². The van der Waals surface area contributed by atoms with Crippen LogP contribution in [0.1, 0.15) is 44.7 Å². The lowest BCUT2D eigenvalue weighted by molar-refractivity contribution is 0.0466. The number of halogens is 1. The number of ether oxygens (including phenoxy) is 1. The largest absolute Gasteiger partial charge is 0.371 e. The van der Waals surface area contributed by atoms with Crippen LogP contribution in [0.3, 0.4) is 0 Å². The number of thioether (sulfide) groups is 1. The molecule has 0 radical (unpaired) electrons. The molecule has 2 rings (SSSR count). The second kappa shape index (κ2) is 7.53. The summed E-state index contributed by atoms with van der Waals surface area (Å²) in [6.07, 6.45) is 5.60. The maximum absolute atomic E-state index is 6.09. The van der Waals surface area contributed by atoms with E-state index in [1.807, 2.05) is 55.5 Å². The van der Waals surface area contributed by atoms with Crippen LogP contribution in [0.2, 0.25) is 5.02 Å². The molecule has 1 heterocycles. The number of aromatic nitrogens is 2. The molecular weight excluding hydrogens is 316 g/mol. The van der Waals surface area contributed by atoms with Crippen LogP contribution < -0.4 is 0 Å². The lowest BCUT2D eigenvalue weighted by Gasteiger charge is -2.33. The second-order valence-corrected chi connectivity index (χ2v) is 8.44. The number of hydrogen-bond donors (Lipinski definition) is 0. The third kappa shape index (κ3) is 4.77. The van der Waals surface area contributed by atoms with Crippen LogP contribution in [0.5, 0.6) is 0 Å². The van der Waals surface area contributed by atoms with Crippen molar-refractivity contribution in [2.75, 3.05) is 6.61 Å². The van der Waals surface area contributed by atoms with Crippen molar-refractivity contribution < 1.29 is 4.74 Å². The predicted molar refractivity (Wildman–Crippen MR) is 94.4 cm³/mol. The molecule has 0 N–H and O–H groups in total. The van der Waals surface area contributed by atoms with Crippen LogP contribution in [-0.2, 0) is 4.74 Å². The van der Waals surface area contributed by atoms with E-state index in [1.165, 1.54) is 0 Å². The molecule has 0 aliphatic rings. The molecule has 0 aliphatic heterocycles. The summed E-state index contributed by atoms with van der Waals surface area (Å²) >= 11 is 7.89. The number of benzene rings is 1. The van der Waals surface area contributed by atoms with Crippen LogP contribution >= 0.6 is 23.4 Å². The Kier molecular flexibility index (Phi) is 5.95. The summed E-state index contributed by atoms with van der Waals surface area (Å²) in [6.45, 7) is 9.32. The molecule has 0 spiro atoms. The molecule has 5 heteroatoms. The van der Waals surface area contributed by atoms with Gasteiger partial charge in [-0.15, -0.1) is 11.8 Å². The highest BCUT2D eigenvalue weighted by Gasteiger charge is 2.30. The standard InChI is InChI=1S/C17H23ClN2OS/c1-5-21-15(13-6-8-14(18)9-7-13)16(22-17(2,3)4)20-11-10-19-12-20/h6-12,15-16H,5H2,1-4H3. The average molecular weight is 339 g/mol. The summed E-state index contributed by atoms with van der Waals surface area (Å²) in [5, 5.41) is 0.852. The van der Waals surface area contributed by atoms with Gasteiger partial charge < -0.3 is 9.30 Å². The Bertz CT molecular complexity index is 563.